The minimum Gasteiger partial charge on any atom is -0.396 e. The fourth-order valence-corrected chi connectivity index (χ4v) is 3.50. The first-order chi connectivity index (χ1) is 12.5. The van der Waals surface area contributed by atoms with Crippen molar-refractivity contribution in [3.63, 3.8) is 0 Å². The van der Waals surface area contributed by atoms with Crippen LogP contribution in [0.3, 0.4) is 0 Å². The molecule has 1 N–H and O–H groups in total. The first-order valence-corrected chi connectivity index (χ1v) is 9.00. The number of nitrogens with zero attached hydrogens (tertiary/aromatic N) is 2. The average molecular weight is 354 g/mol. The minimum atomic E-state index is -0.253. The summed E-state index contributed by atoms with van der Waals surface area (Å²) < 4.78 is 5.40. The molecule has 1 fully saturated rings. The second-order valence-corrected chi connectivity index (χ2v) is 7.19. The normalized spacial score (nSPS) is 16.3. The standard InChI is InChI=1S/C21H26N2O3/c1-16-13-19(7-10-22-16)17-3-5-18(6-4-17)20(25)23(2)14-21(15-24)8-11-26-12-9-21/h3-7,10,13,24H,8-9,11-12,14-15H2,1-2H3. The fourth-order valence-electron chi connectivity index (χ4n) is 3.50. The van der Waals surface area contributed by atoms with Gasteiger partial charge in [-0.3, -0.25) is 9.78 Å². The molecule has 0 spiro atoms. The molecule has 1 amide bonds. The van der Waals surface area contributed by atoms with Crippen molar-refractivity contribution in [1.29, 1.82) is 0 Å². The second-order valence-electron chi connectivity index (χ2n) is 7.19. The third kappa shape index (κ3) is 4.11. The fraction of sp³-hybridized carbons (Fsp3) is 0.429. The number of carbonyl (C=O) groups excluding carboxylic acids is 1. The second kappa shape index (κ2) is 7.98. The van der Waals surface area contributed by atoms with Crippen LogP contribution in [-0.2, 0) is 4.74 Å². The van der Waals surface area contributed by atoms with Crippen molar-refractivity contribution in [2.45, 2.75) is 19.8 Å². The first kappa shape index (κ1) is 18.5. The van der Waals surface area contributed by atoms with E-state index in [1.54, 1.807) is 18.1 Å². The van der Waals surface area contributed by atoms with Crippen LogP contribution >= 0.6 is 0 Å². The summed E-state index contributed by atoms with van der Waals surface area (Å²) in [5, 5.41) is 9.83. The molecule has 0 unspecified atom stereocenters. The van der Waals surface area contributed by atoms with Crippen LogP contribution in [0, 0.1) is 12.3 Å². The Kier molecular flexibility index (Phi) is 5.69. The highest BCUT2D eigenvalue weighted by molar-refractivity contribution is 5.94. The smallest absolute Gasteiger partial charge is 0.253 e. The molecule has 0 atom stereocenters. The Morgan fingerprint density at radius 3 is 2.50 bits per heavy atom. The van der Waals surface area contributed by atoms with Gasteiger partial charge in [0.15, 0.2) is 0 Å². The van der Waals surface area contributed by atoms with Crippen LogP contribution in [-0.4, -0.2) is 54.3 Å². The van der Waals surface area contributed by atoms with Crippen molar-refractivity contribution in [1.82, 2.24) is 9.88 Å². The molecule has 138 valence electrons. The first-order valence-electron chi connectivity index (χ1n) is 9.00. The minimum absolute atomic E-state index is 0.0261. The van der Waals surface area contributed by atoms with E-state index in [-0.39, 0.29) is 17.9 Å². The van der Waals surface area contributed by atoms with E-state index in [0.29, 0.717) is 25.3 Å². The van der Waals surface area contributed by atoms with E-state index < -0.39 is 0 Å². The third-order valence-corrected chi connectivity index (χ3v) is 5.17. The van der Waals surface area contributed by atoms with E-state index in [4.69, 9.17) is 4.74 Å². The zero-order valence-corrected chi connectivity index (χ0v) is 15.4. The van der Waals surface area contributed by atoms with Crippen LogP contribution in [0.25, 0.3) is 11.1 Å². The number of hydrogen-bond donors (Lipinski definition) is 1. The number of pyridine rings is 1. The molecular formula is C21H26N2O3. The molecule has 26 heavy (non-hydrogen) atoms. The van der Waals surface area contributed by atoms with Crippen molar-refractivity contribution in [2.24, 2.45) is 5.41 Å². The Balaban J connectivity index is 1.71. The number of benzene rings is 1. The molecule has 0 bridgehead atoms. The topological polar surface area (TPSA) is 62.7 Å². The maximum atomic E-state index is 12.8. The molecule has 5 heteroatoms. The number of rotatable bonds is 5. The van der Waals surface area contributed by atoms with Gasteiger partial charge in [0.1, 0.15) is 0 Å². The Morgan fingerprint density at radius 2 is 1.88 bits per heavy atom. The average Bonchev–Trinajstić information content (AvgIpc) is 2.68. The molecule has 5 nitrogen and oxygen atoms in total. The Bertz CT molecular complexity index is 752. The van der Waals surface area contributed by atoms with Crippen LogP contribution in [0.5, 0.6) is 0 Å². The molecule has 0 radical (unpaired) electrons. The van der Waals surface area contributed by atoms with Crippen LogP contribution in [0.1, 0.15) is 28.9 Å². The highest BCUT2D eigenvalue weighted by atomic mass is 16.5. The van der Waals surface area contributed by atoms with Crippen LogP contribution in [0.15, 0.2) is 42.6 Å². The van der Waals surface area contributed by atoms with Crippen molar-refractivity contribution >= 4 is 5.91 Å². The summed E-state index contributed by atoms with van der Waals surface area (Å²) in [6.07, 6.45) is 3.35. The lowest BCUT2D eigenvalue weighted by Gasteiger charge is -2.38. The molecule has 1 saturated heterocycles. The largest absolute Gasteiger partial charge is 0.396 e. The lowest BCUT2D eigenvalue weighted by Crippen LogP contribution is -2.44. The lowest BCUT2D eigenvalue weighted by atomic mass is 9.80. The van der Waals surface area contributed by atoms with E-state index in [1.165, 1.54) is 0 Å². The number of hydrogen-bond acceptors (Lipinski definition) is 4. The molecule has 1 aromatic heterocycles. The van der Waals surface area contributed by atoms with Crippen molar-refractivity contribution in [3.05, 3.63) is 53.9 Å². The number of ether oxygens (including phenoxy) is 1. The van der Waals surface area contributed by atoms with Crippen LogP contribution in [0.4, 0.5) is 0 Å². The van der Waals surface area contributed by atoms with Gasteiger partial charge in [-0.25, -0.2) is 0 Å². The van der Waals surface area contributed by atoms with Crippen molar-refractivity contribution in [3.8, 4) is 11.1 Å². The van der Waals surface area contributed by atoms with Gasteiger partial charge in [-0.05, 0) is 55.2 Å². The SMILES string of the molecule is Cc1cc(-c2ccc(C(=O)N(C)CC3(CO)CCOCC3)cc2)ccn1. The van der Waals surface area contributed by atoms with Gasteiger partial charge in [-0.1, -0.05) is 12.1 Å². The zero-order chi connectivity index (χ0) is 18.6. The van der Waals surface area contributed by atoms with Gasteiger partial charge in [0, 0.05) is 49.7 Å². The highest BCUT2D eigenvalue weighted by Gasteiger charge is 2.34. The number of aromatic nitrogens is 1. The Morgan fingerprint density at radius 1 is 1.19 bits per heavy atom. The number of carbonyl (C=O) groups is 1. The van der Waals surface area contributed by atoms with Gasteiger partial charge in [-0.2, -0.15) is 0 Å². The maximum Gasteiger partial charge on any atom is 0.253 e. The monoisotopic (exact) mass is 354 g/mol. The molecular weight excluding hydrogens is 328 g/mol. The van der Waals surface area contributed by atoms with Gasteiger partial charge in [0.2, 0.25) is 0 Å². The molecule has 0 saturated carbocycles. The summed E-state index contributed by atoms with van der Waals surface area (Å²) in [4.78, 5) is 18.7. The number of amides is 1. The summed E-state index contributed by atoms with van der Waals surface area (Å²) in [5.41, 5.74) is 3.52. The molecule has 1 aliphatic rings. The predicted octanol–water partition coefficient (Wildman–Crippen LogP) is 2.92. The van der Waals surface area contributed by atoms with Crippen molar-refractivity contribution in [2.75, 3.05) is 33.4 Å². The maximum absolute atomic E-state index is 12.8. The van der Waals surface area contributed by atoms with E-state index in [1.807, 2.05) is 43.3 Å². The molecule has 2 aromatic rings. The van der Waals surface area contributed by atoms with E-state index in [2.05, 4.69) is 4.98 Å². The molecule has 3 rings (SSSR count). The summed E-state index contributed by atoms with van der Waals surface area (Å²) in [5.74, 6) is -0.0261. The summed E-state index contributed by atoms with van der Waals surface area (Å²) in [6.45, 7) is 3.86. The van der Waals surface area contributed by atoms with Gasteiger partial charge < -0.3 is 14.7 Å². The van der Waals surface area contributed by atoms with Gasteiger partial charge in [-0.15, -0.1) is 0 Å². The number of aryl methyl sites for hydroxylation is 1. The molecule has 0 aliphatic carbocycles. The van der Waals surface area contributed by atoms with E-state index in [0.717, 1.165) is 29.7 Å². The van der Waals surface area contributed by atoms with Crippen molar-refractivity contribution < 1.29 is 14.6 Å². The Hall–Kier alpha value is -2.24. The summed E-state index contributed by atoms with van der Waals surface area (Å²) in [6, 6.07) is 11.6. The quantitative estimate of drug-likeness (QED) is 0.897. The highest BCUT2D eigenvalue weighted by Crippen LogP contribution is 2.31. The zero-order valence-electron chi connectivity index (χ0n) is 15.4. The predicted molar refractivity (Wildman–Crippen MR) is 101 cm³/mol. The van der Waals surface area contributed by atoms with Gasteiger partial charge >= 0.3 is 0 Å². The van der Waals surface area contributed by atoms with E-state index in [9.17, 15) is 9.90 Å². The Labute approximate surface area is 154 Å². The molecule has 1 aromatic carbocycles. The summed E-state index contributed by atoms with van der Waals surface area (Å²) in [7, 11) is 1.80. The van der Waals surface area contributed by atoms with E-state index >= 15 is 0 Å². The molecule has 1 aliphatic heterocycles. The number of aliphatic hydroxyl groups is 1. The molecule has 2 heterocycles. The lowest BCUT2D eigenvalue weighted by molar-refractivity contribution is -0.0282. The third-order valence-electron chi connectivity index (χ3n) is 5.17. The van der Waals surface area contributed by atoms with Gasteiger partial charge in [0.25, 0.3) is 5.91 Å². The van der Waals surface area contributed by atoms with Crippen LogP contribution < -0.4 is 0 Å². The van der Waals surface area contributed by atoms with Crippen LogP contribution in [0.2, 0.25) is 0 Å². The summed E-state index contributed by atoms with van der Waals surface area (Å²) >= 11 is 0. The number of aliphatic hydroxyl groups excluding tert-OH is 1. The van der Waals surface area contributed by atoms with Gasteiger partial charge in [0.05, 0.1) is 6.61 Å².